The zero-order valence-corrected chi connectivity index (χ0v) is 11.0. The highest BCUT2D eigenvalue weighted by Gasteiger charge is 2.36. The van der Waals surface area contributed by atoms with Crippen molar-refractivity contribution in [2.24, 2.45) is 0 Å². The van der Waals surface area contributed by atoms with E-state index < -0.39 is 40.5 Å². The molecule has 1 aromatic carbocycles. The van der Waals surface area contributed by atoms with Crippen LogP contribution in [0, 0.1) is 11.3 Å². The minimum Gasteiger partial charge on any atom is -0.507 e. The van der Waals surface area contributed by atoms with E-state index >= 15 is 0 Å². The lowest BCUT2D eigenvalue weighted by atomic mass is 9.98. The Hall–Kier alpha value is -2.76. The second-order valence-electron chi connectivity index (χ2n) is 4.46. The van der Waals surface area contributed by atoms with Crippen LogP contribution in [0.5, 0.6) is 5.75 Å². The molecule has 23 heavy (non-hydrogen) atoms. The summed E-state index contributed by atoms with van der Waals surface area (Å²) in [5.41, 5.74) is -4.16. The van der Waals surface area contributed by atoms with E-state index in [1.165, 1.54) is 6.07 Å². The fourth-order valence-electron chi connectivity index (χ4n) is 1.89. The fraction of sp³-hybridized carbons (Fsp3) is 0.143. The van der Waals surface area contributed by atoms with Gasteiger partial charge in [-0.2, -0.15) is 31.6 Å². The average molecular weight is 332 g/mol. The number of hydrogen-bond acceptors (Lipinski definition) is 3. The van der Waals surface area contributed by atoms with Crippen molar-refractivity contribution in [3.05, 3.63) is 47.3 Å². The number of nitrogens with zero attached hydrogens (tertiary/aromatic N) is 2. The van der Waals surface area contributed by atoms with E-state index in [-0.39, 0.29) is 5.56 Å². The Labute approximate surface area is 125 Å². The van der Waals surface area contributed by atoms with Crippen LogP contribution in [0.15, 0.2) is 30.5 Å². The minimum atomic E-state index is -4.97. The van der Waals surface area contributed by atoms with E-state index in [1.54, 1.807) is 0 Å². The molecule has 0 aliphatic rings. The Kier molecular flexibility index (Phi) is 3.94. The van der Waals surface area contributed by atoms with Gasteiger partial charge in [0.1, 0.15) is 11.4 Å². The third kappa shape index (κ3) is 3.36. The van der Waals surface area contributed by atoms with Crippen LogP contribution in [-0.2, 0) is 12.4 Å². The van der Waals surface area contributed by atoms with Gasteiger partial charge in [-0.1, -0.05) is 0 Å². The maximum Gasteiger partial charge on any atom is 0.433 e. The van der Waals surface area contributed by atoms with E-state index in [2.05, 4.69) is 4.98 Å². The van der Waals surface area contributed by atoms with Crippen molar-refractivity contribution in [3.8, 4) is 22.9 Å². The van der Waals surface area contributed by atoms with Crippen LogP contribution in [0.2, 0.25) is 0 Å². The maximum atomic E-state index is 12.9. The van der Waals surface area contributed by atoms with Crippen molar-refractivity contribution >= 4 is 0 Å². The predicted molar refractivity (Wildman–Crippen MR) is 66.1 cm³/mol. The SMILES string of the molecule is N#Cc1cc(-c2ccnc(C(F)(F)F)c2)c(O)c(C(F)(F)F)c1. The number of phenols is 1. The molecule has 0 spiro atoms. The van der Waals surface area contributed by atoms with Crippen LogP contribution < -0.4 is 0 Å². The Morgan fingerprint density at radius 2 is 1.65 bits per heavy atom. The third-order valence-electron chi connectivity index (χ3n) is 2.91. The molecule has 0 saturated carbocycles. The average Bonchev–Trinajstić information content (AvgIpc) is 2.45. The van der Waals surface area contributed by atoms with Crippen molar-refractivity contribution in [1.82, 2.24) is 4.98 Å². The van der Waals surface area contributed by atoms with Crippen LogP contribution in [-0.4, -0.2) is 10.1 Å². The van der Waals surface area contributed by atoms with Crippen LogP contribution >= 0.6 is 0 Å². The number of halogens is 6. The maximum absolute atomic E-state index is 12.9. The molecule has 3 nitrogen and oxygen atoms in total. The molecule has 0 atom stereocenters. The zero-order valence-electron chi connectivity index (χ0n) is 11.0. The van der Waals surface area contributed by atoms with Gasteiger partial charge < -0.3 is 5.11 Å². The monoisotopic (exact) mass is 332 g/mol. The normalized spacial score (nSPS) is 12.0. The number of rotatable bonds is 1. The molecule has 120 valence electrons. The van der Waals surface area contributed by atoms with E-state index in [1.807, 2.05) is 0 Å². The number of pyridine rings is 1. The lowest BCUT2D eigenvalue weighted by Crippen LogP contribution is -2.08. The Morgan fingerprint density at radius 3 is 2.17 bits per heavy atom. The molecule has 0 bridgehead atoms. The summed E-state index contributed by atoms with van der Waals surface area (Å²) in [6.07, 6.45) is -9.01. The molecule has 0 fully saturated rings. The first kappa shape index (κ1) is 16.6. The van der Waals surface area contributed by atoms with E-state index in [4.69, 9.17) is 5.26 Å². The summed E-state index contributed by atoms with van der Waals surface area (Å²) in [4.78, 5) is 3.09. The summed E-state index contributed by atoms with van der Waals surface area (Å²) in [6, 6.07) is 4.27. The number of hydrogen-bond donors (Lipinski definition) is 1. The van der Waals surface area contributed by atoms with Gasteiger partial charge in [-0.15, -0.1) is 0 Å². The molecule has 1 aromatic heterocycles. The van der Waals surface area contributed by atoms with Crippen molar-refractivity contribution < 1.29 is 31.4 Å². The summed E-state index contributed by atoms with van der Waals surface area (Å²) < 4.78 is 76.5. The topological polar surface area (TPSA) is 56.9 Å². The molecular formula is C14H6F6N2O. The lowest BCUT2D eigenvalue weighted by molar-refractivity contribution is -0.141. The van der Waals surface area contributed by atoms with Gasteiger partial charge in [-0.05, 0) is 29.8 Å². The molecule has 0 saturated heterocycles. The number of benzene rings is 1. The Morgan fingerprint density at radius 1 is 1.00 bits per heavy atom. The fourth-order valence-corrected chi connectivity index (χ4v) is 1.89. The summed E-state index contributed by atoms with van der Waals surface area (Å²) in [7, 11) is 0. The van der Waals surface area contributed by atoms with Gasteiger partial charge in [0.15, 0.2) is 0 Å². The van der Waals surface area contributed by atoms with Crippen LogP contribution in [0.25, 0.3) is 11.1 Å². The quantitative estimate of drug-likeness (QED) is 0.789. The van der Waals surface area contributed by atoms with E-state index in [0.717, 1.165) is 18.3 Å². The number of aromatic hydroxyl groups is 1. The van der Waals surface area contributed by atoms with E-state index in [9.17, 15) is 31.4 Å². The summed E-state index contributed by atoms with van der Waals surface area (Å²) in [5.74, 6) is -1.25. The number of nitriles is 1. The van der Waals surface area contributed by atoms with Gasteiger partial charge in [0.2, 0.25) is 0 Å². The van der Waals surface area contributed by atoms with Crippen LogP contribution in [0.3, 0.4) is 0 Å². The third-order valence-corrected chi connectivity index (χ3v) is 2.91. The van der Waals surface area contributed by atoms with Crippen LogP contribution in [0.1, 0.15) is 16.8 Å². The smallest absolute Gasteiger partial charge is 0.433 e. The van der Waals surface area contributed by atoms with Crippen molar-refractivity contribution in [3.63, 3.8) is 0 Å². The van der Waals surface area contributed by atoms with Gasteiger partial charge in [0, 0.05) is 11.8 Å². The van der Waals surface area contributed by atoms with Crippen LogP contribution in [0.4, 0.5) is 26.3 Å². The largest absolute Gasteiger partial charge is 0.507 e. The van der Waals surface area contributed by atoms with Gasteiger partial charge in [-0.25, -0.2) is 0 Å². The predicted octanol–water partition coefficient (Wildman–Crippen LogP) is 4.36. The molecule has 1 heterocycles. The molecule has 0 aliphatic heterocycles. The first-order valence-electron chi connectivity index (χ1n) is 5.92. The second kappa shape index (κ2) is 5.46. The number of aromatic nitrogens is 1. The van der Waals surface area contributed by atoms with Gasteiger partial charge >= 0.3 is 12.4 Å². The minimum absolute atomic E-state index is 0.340. The molecular weight excluding hydrogens is 326 g/mol. The first-order valence-corrected chi connectivity index (χ1v) is 5.92. The highest BCUT2D eigenvalue weighted by molar-refractivity contribution is 5.74. The van der Waals surface area contributed by atoms with E-state index in [0.29, 0.717) is 12.1 Å². The molecule has 0 unspecified atom stereocenters. The van der Waals surface area contributed by atoms with Crippen molar-refractivity contribution in [2.75, 3.05) is 0 Å². The summed E-state index contributed by atoms with van der Waals surface area (Å²) >= 11 is 0. The molecule has 0 aliphatic carbocycles. The van der Waals surface area contributed by atoms with Crippen molar-refractivity contribution in [2.45, 2.75) is 12.4 Å². The number of phenolic OH excluding ortho intramolecular Hbond substituents is 1. The Bertz CT molecular complexity index is 789. The highest BCUT2D eigenvalue weighted by Crippen LogP contribution is 2.42. The summed E-state index contributed by atoms with van der Waals surface area (Å²) in [5, 5.41) is 18.5. The Balaban J connectivity index is 2.72. The zero-order chi connectivity index (χ0) is 17.4. The molecule has 2 rings (SSSR count). The van der Waals surface area contributed by atoms with Gasteiger partial charge in [0.25, 0.3) is 0 Å². The van der Waals surface area contributed by atoms with Gasteiger partial charge in [0.05, 0.1) is 17.2 Å². The number of alkyl halides is 6. The molecule has 2 aromatic rings. The standard InChI is InChI=1S/C14H6F6N2O/c15-13(16,17)10-4-7(6-21)3-9(12(10)23)8-1-2-22-11(5-8)14(18,19)20/h1-5,23H. The molecule has 0 amide bonds. The second-order valence-corrected chi connectivity index (χ2v) is 4.46. The first-order chi connectivity index (χ1) is 10.5. The summed E-state index contributed by atoms with van der Waals surface area (Å²) in [6.45, 7) is 0. The molecule has 9 heteroatoms. The highest BCUT2D eigenvalue weighted by atomic mass is 19.4. The molecule has 1 N–H and O–H groups in total. The molecule has 0 radical (unpaired) electrons. The lowest BCUT2D eigenvalue weighted by Gasteiger charge is -2.14. The van der Waals surface area contributed by atoms with Crippen molar-refractivity contribution in [1.29, 1.82) is 5.26 Å². The van der Waals surface area contributed by atoms with Gasteiger partial charge in [-0.3, -0.25) is 4.98 Å².